The van der Waals surface area contributed by atoms with Gasteiger partial charge in [0.05, 0.1) is 18.4 Å². The van der Waals surface area contributed by atoms with Gasteiger partial charge in [0.2, 0.25) is 0 Å². The minimum Gasteiger partial charge on any atom is -0.467 e. The van der Waals surface area contributed by atoms with Crippen LogP contribution in [-0.2, 0) is 16.1 Å². The Morgan fingerprint density at radius 2 is 2.00 bits per heavy atom. The molecule has 0 spiro atoms. The summed E-state index contributed by atoms with van der Waals surface area (Å²) in [5.41, 5.74) is 1.49. The van der Waals surface area contributed by atoms with Crippen LogP contribution in [0.4, 0.5) is 0 Å². The van der Waals surface area contributed by atoms with Crippen molar-refractivity contribution in [1.82, 2.24) is 15.1 Å². The Balaban J connectivity index is 1.71. The lowest BCUT2D eigenvalue weighted by Crippen LogP contribution is -2.43. The topological polar surface area (TPSA) is 73.2 Å². The highest BCUT2D eigenvalue weighted by molar-refractivity contribution is 5.97. The Morgan fingerprint density at radius 3 is 2.60 bits per heavy atom. The summed E-state index contributed by atoms with van der Waals surface area (Å²) in [5.74, 6) is 0.325. The normalized spacial score (nSPS) is 19.4. The minimum atomic E-state index is -0.572. The van der Waals surface area contributed by atoms with Crippen molar-refractivity contribution in [3.05, 3.63) is 17.5 Å². The number of rotatable bonds is 7. The Labute approximate surface area is 149 Å². The molecule has 2 aliphatic rings. The molecule has 3 rings (SSSR count). The van der Waals surface area contributed by atoms with Crippen molar-refractivity contribution in [3.63, 3.8) is 0 Å². The molecule has 1 aromatic heterocycles. The molecule has 1 atom stereocenters. The number of carbonyl (C=O) groups excluding carboxylic acids is 2. The second-order valence-electron chi connectivity index (χ2n) is 7.35. The number of esters is 1. The second-order valence-corrected chi connectivity index (χ2v) is 7.35. The van der Waals surface area contributed by atoms with Crippen LogP contribution in [0, 0.1) is 5.92 Å². The zero-order valence-electron chi connectivity index (χ0n) is 15.3. The first-order valence-corrected chi connectivity index (χ1v) is 9.58. The monoisotopic (exact) mass is 347 g/mol. The molecule has 0 saturated heterocycles. The highest BCUT2D eigenvalue weighted by atomic mass is 16.5. The Morgan fingerprint density at radius 1 is 1.28 bits per heavy atom. The first-order valence-electron chi connectivity index (χ1n) is 9.58. The number of ether oxygens (including phenoxy) is 1. The summed E-state index contributed by atoms with van der Waals surface area (Å²) < 4.78 is 6.74. The summed E-state index contributed by atoms with van der Waals surface area (Å²) in [4.78, 5) is 25.0. The average molecular weight is 347 g/mol. The van der Waals surface area contributed by atoms with E-state index in [2.05, 4.69) is 10.4 Å². The quantitative estimate of drug-likeness (QED) is 0.770. The summed E-state index contributed by atoms with van der Waals surface area (Å²) in [6, 6.07) is -0.572. The standard InChI is InChI=1S/C19H29N3O3/c1-3-22-12-15(17(21-22)14-9-10-14)18(23)20-16(19(24)25-2)11-13-7-5-4-6-8-13/h12-14,16H,3-11H2,1-2H3,(H,20,23). The van der Waals surface area contributed by atoms with Crippen molar-refractivity contribution in [3.8, 4) is 0 Å². The summed E-state index contributed by atoms with van der Waals surface area (Å²) in [6.07, 6.45) is 10.6. The number of hydrogen-bond acceptors (Lipinski definition) is 4. The maximum absolute atomic E-state index is 12.8. The molecule has 2 saturated carbocycles. The van der Waals surface area contributed by atoms with Crippen molar-refractivity contribution in [2.45, 2.75) is 76.8 Å². The summed E-state index contributed by atoms with van der Waals surface area (Å²) >= 11 is 0. The molecule has 1 amide bonds. The zero-order valence-corrected chi connectivity index (χ0v) is 15.3. The van der Waals surface area contributed by atoms with Crippen molar-refractivity contribution >= 4 is 11.9 Å². The van der Waals surface area contributed by atoms with Crippen LogP contribution >= 0.6 is 0 Å². The van der Waals surface area contributed by atoms with E-state index in [0.29, 0.717) is 23.8 Å². The number of carbonyl (C=O) groups is 2. The molecule has 6 nitrogen and oxygen atoms in total. The molecule has 0 aliphatic heterocycles. The van der Waals surface area contributed by atoms with Gasteiger partial charge in [0.1, 0.15) is 6.04 Å². The van der Waals surface area contributed by atoms with E-state index in [1.165, 1.54) is 26.4 Å². The van der Waals surface area contributed by atoms with E-state index in [0.717, 1.165) is 37.9 Å². The maximum Gasteiger partial charge on any atom is 0.328 e. The fourth-order valence-corrected chi connectivity index (χ4v) is 3.78. The van der Waals surface area contributed by atoms with Crippen LogP contribution in [0.1, 0.15) is 80.3 Å². The van der Waals surface area contributed by atoms with Gasteiger partial charge in [0.15, 0.2) is 0 Å². The molecule has 0 bridgehead atoms. The van der Waals surface area contributed by atoms with E-state index in [-0.39, 0.29) is 11.9 Å². The molecule has 138 valence electrons. The molecule has 1 aromatic rings. The van der Waals surface area contributed by atoms with Crippen molar-refractivity contribution in [1.29, 1.82) is 0 Å². The summed E-state index contributed by atoms with van der Waals surface area (Å²) in [7, 11) is 1.38. The zero-order chi connectivity index (χ0) is 17.8. The van der Waals surface area contributed by atoms with E-state index in [1.807, 2.05) is 6.92 Å². The van der Waals surface area contributed by atoms with Crippen LogP contribution in [-0.4, -0.2) is 34.8 Å². The molecule has 6 heteroatoms. The molecule has 1 heterocycles. The van der Waals surface area contributed by atoms with Crippen LogP contribution < -0.4 is 5.32 Å². The Kier molecular flexibility index (Phi) is 5.76. The van der Waals surface area contributed by atoms with Gasteiger partial charge in [-0.1, -0.05) is 32.1 Å². The van der Waals surface area contributed by atoms with Crippen LogP contribution in [0.5, 0.6) is 0 Å². The fourth-order valence-electron chi connectivity index (χ4n) is 3.78. The van der Waals surface area contributed by atoms with Gasteiger partial charge in [0.25, 0.3) is 5.91 Å². The van der Waals surface area contributed by atoms with Crippen molar-refractivity contribution < 1.29 is 14.3 Å². The van der Waals surface area contributed by atoms with Crippen LogP contribution in [0.2, 0.25) is 0 Å². The summed E-state index contributed by atoms with van der Waals surface area (Å²) in [6.45, 7) is 2.74. The lowest BCUT2D eigenvalue weighted by atomic mass is 9.84. The number of nitrogens with one attached hydrogen (secondary N) is 1. The highest BCUT2D eigenvalue weighted by Crippen LogP contribution is 2.40. The van der Waals surface area contributed by atoms with Gasteiger partial charge >= 0.3 is 5.97 Å². The number of nitrogens with zero attached hydrogens (tertiary/aromatic N) is 2. The largest absolute Gasteiger partial charge is 0.467 e. The smallest absolute Gasteiger partial charge is 0.328 e. The number of aromatic nitrogens is 2. The van der Waals surface area contributed by atoms with Crippen LogP contribution in [0.15, 0.2) is 6.20 Å². The van der Waals surface area contributed by atoms with Crippen LogP contribution in [0.3, 0.4) is 0 Å². The minimum absolute atomic E-state index is 0.201. The molecule has 2 aliphatic carbocycles. The summed E-state index contributed by atoms with van der Waals surface area (Å²) in [5, 5.41) is 7.46. The van der Waals surface area contributed by atoms with Crippen molar-refractivity contribution in [2.75, 3.05) is 7.11 Å². The lowest BCUT2D eigenvalue weighted by Gasteiger charge is -2.25. The molecule has 0 radical (unpaired) electrons. The second kappa shape index (κ2) is 8.02. The van der Waals surface area contributed by atoms with Gasteiger partial charge in [-0.3, -0.25) is 9.48 Å². The molecular formula is C19H29N3O3. The number of aryl methyl sites for hydroxylation is 1. The van der Waals surface area contributed by atoms with Gasteiger partial charge in [-0.15, -0.1) is 0 Å². The van der Waals surface area contributed by atoms with Gasteiger partial charge in [-0.25, -0.2) is 4.79 Å². The first kappa shape index (κ1) is 18.0. The van der Waals surface area contributed by atoms with E-state index in [1.54, 1.807) is 10.9 Å². The SMILES string of the molecule is CCn1cc(C(=O)NC(CC2CCCCC2)C(=O)OC)c(C2CC2)n1. The third kappa shape index (κ3) is 4.41. The molecule has 0 aromatic carbocycles. The third-order valence-corrected chi connectivity index (χ3v) is 5.41. The highest BCUT2D eigenvalue weighted by Gasteiger charge is 2.33. The number of amides is 1. The van der Waals surface area contributed by atoms with Gasteiger partial charge in [-0.05, 0) is 32.1 Å². The van der Waals surface area contributed by atoms with Gasteiger partial charge in [-0.2, -0.15) is 5.10 Å². The Bertz CT molecular complexity index is 615. The third-order valence-electron chi connectivity index (χ3n) is 5.41. The van der Waals surface area contributed by atoms with E-state index in [4.69, 9.17) is 4.74 Å². The fraction of sp³-hybridized carbons (Fsp3) is 0.737. The Hall–Kier alpha value is -1.85. The van der Waals surface area contributed by atoms with Gasteiger partial charge < -0.3 is 10.1 Å². The maximum atomic E-state index is 12.8. The van der Waals surface area contributed by atoms with Crippen molar-refractivity contribution in [2.24, 2.45) is 5.92 Å². The predicted octanol–water partition coefficient (Wildman–Crippen LogP) is 3.02. The molecule has 1 N–H and O–H groups in total. The molecular weight excluding hydrogens is 318 g/mol. The molecule has 1 unspecified atom stereocenters. The van der Waals surface area contributed by atoms with Gasteiger partial charge in [0, 0.05) is 18.7 Å². The van der Waals surface area contributed by atoms with Crippen LogP contribution in [0.25, 0.3) is 0 Å². The predicted molar refractivity (Wildman–Crippen MR) is 94.3 cm³/mol. The average Bonchev–Trinajstić information content (AvgIpc) is 3.39. The first-order chi connectivity index (χ1) is 12.1. The molecule has 2 fully saturated rings. The lowest BCUT2D eigenvalue weighted by molar-refractivity contribution is -0.143. The number of hydrogen-bond donors (Lipinski definition) is 1. The van der Waals surface area contributed by atoms with E-state index >= 15 is 0 Å². The van der Waals surface area contributed by atoms with E-state index < -0.39 is 6.04 Å². The number of methoxy groups -OCH3 is 1. The molecule has 25 heavy (non-hydrogen) atoms. The van der Waals surface area contributed by atoms with E-state index in [9.17, 15) is 9.59 Å².